The van der Waals surface area contributed by atoms with Gasteiger partial charge in [-0.3, -0.25) is 4.98 Å². The van der Waals surface area contributed by atoms with Crippen LogP contribution in [0.4, 0.5) is 11.4 Å². The molecular weight excluding hydrogens is 322 g/mol. The predicted molar refractivity (Wildman–Crippen MR) is 108 cm³/mol. The molecule has 0 aliphatic carbocycles. The molecule has 26 heavy (non-hydrogen) atoms. The largest absolute Gasteiger partial charge is 0.378 e. The van der Waals surface area contributed by atoms with Gasteiger partial charge in [-0.15, -0.1) is 0 Å². The van der Waals surface area contributed by atoms with Crippen LogP contribution in [0.5, 0.6) is 0 Å². The summed E-state index contributed by atoms with van der Waals surface area (Å²) in [6, 6.07) is 17.4. The van der Waals surface area contributed by atoms with Gasteiger partial charge >= 0.3 is 0 Å². The van der Waals surface area contributed by atoms with Crippen molar-refractivity contribution in [2.24, 2.45) is 0 Å². The molecule has 0 unspecified atom stereocenters. The van der Waals surface area contributed by atoms with Gasteiger partial charge in [0.05, 0.1) is 18.7 Å². The number of hydrogen-bond acceptors (Lipinski definition) is 4. The fourth-order valence-corrected chi connectivity index (χ4v) is 3.57. The van der Waals surface area contributed by atoms with E-state index in [0.717, 1.165) is 38.4 Å². The summed E-state index contributed by atoms with van der Waals surface area (Å²) in [5.41, 5.74) is 6.11. The second-order valence-corrected chi connectivity index (χ2v) is 6.97. The zero-order chi connectivity index (χ0) is 17.9. The summed E-state index contributed by atoms with van der Waals surface area (Å²) in [5.74, 6) is 0. The van der Waals surface area contributed by atoms with E-state index in [1.807, 2.05) is 6.20 Å². The lowest BCUT2D eigenvalue weighted by Gasteiger charge is -2.29. The lowest BCUT2D eigenvalue weighted by Crippen LogP contribution is -2.36. The van der Waals surface area contributed by atoms with E-state index in [4.69, 9.17) is 4.74 Å². The van der Waals surface area contributed by atoms with Gasteiger partial charge in [-0.25, -0.2) is 0 Å². The summed E-state index contributed by atoms with van der Waals surface area (Å²) < 4.78 is 5.44. The standard InChI is InChI=1S/C22H25N3O/c1-17-3-8-21-20(15-17)22(9-10-23-21)24(2)16-18-4-6-19(7-5-18)25-11-13-26-14-12-25/h3-10,15H,11-14,16H2,1-2H3. The molecule has 1 fully saturated rings. The Hall–Kier alpha value is -2.59. The smallest absolute Gasteiger partial charge is 0.0722 e. The van der Waals surface area contributed by atoms with Crippen LogP contribution in [0.25, 0.3) is 10.9 Å². The minimum Gasteiger partial charge on any atom is -0.378 e. The first-order valence-electron chi connectivity index (χ1n) is 9.19. The molecule has 0 atom stereocenters. The average Bonchev–Trinajstić information content (AvgIpc) is 2.68. The Balaban J connectivity index is 1.53. The van der Waals surface area contributed by atoms with Crippen molar-refractivity contribution in [2.45, 2.75) is 13.5 Å². The molecule has 1 aliphatic heterocycles. The molecule has 1 saturated heterocycles. The quantitative estimate of drug-likeness (QED) is 0.713. The first-order valence-corrected chi connectivity index (χ1v) is 9.19. The third-order valence-electron chi connectivity index (χ3n) is 5.02. The SMILES string of the molecule is Cc1ccc2nccc(N(C)Cc3ccc(N4CCOCC4)cc3)c2c1. The van der Waals surface area contributed by atoms with E-state index in [1.165, 1.54) is 27.9 Å². The zero-order valence-electron chi connectivity index (χ0n) is 15.5. The first-order chi connectivity index (χ1) is 12.7. The molecule has 0 N–H and O–H groups in total. The zero-order valence-corrected chi connectivity index (χ0v) is 15.5. The Morgan fingerprint density at radius 2 is 1.81 bits per heavy atom. The average molecular weight is 347 g/mol. The van der Waals surface area contributed by atoms with Crippen LogP contribution in [-0.2, 0) is 11.3 Å². The second kappa shape index (κ2) is 7.34. The molecular formula is C22H25N3O. The number of nitrogens with zero attached hydrogens (tertiary/aromatic N) is 3. The molecule has 2 heterocycles. The Bertz CT molecular complexity index is 886. The van der Waals surface area contributed by atoms with Crippen molar-refractivity contribution >= 4 is 22.3 Å². The normalized spacial score (nSPS) is 14.6. The maximum atomic E-state index is 5.44. The topological polar surface area (TPSA) is 28.6 Å². The summed E-state index contributed by atoms with van der Waals surface area (Å²) in [5, 5.41) is 1.21. The molecule has 0 bridgehead atoms. The number of aryl methyl sites for hydroxylation is 1. The Morgan fingerprint density at radius 3 is 2.58 bits per heavy atom. The van der Waals surface area contributed by atoms with Gasteiger partial charge in [0.1, 0.15) is 0 Å². The second-order valence-electron chi connectivity index (χ2n) is 6.97. The highest BCUT2D eigenvalue weighted by atomic mass is 16.5. The number of aromatic nitrogens is 1. The monoisotopic (exact) mass is 347 g/mol. The van der Waals surface area contributed by atoms with Gasteiger partial charge in [0.15, 0.2) is 0 Å². The maximum absolute atomic E-state index is 5.44. The van der Waals surface area contributed by atoms with Gasteiger partial charge in [-0.1, -0.05) is 23.8 Å². The predicted octanol–water partition coefficient (Wildman–Crippen LogP) is 4.02. The van der Waals surface area contributed by atoms with Crippen molar-refractivity contribution < 1.29 is 4.74 Å². The van der Waals surface area contributed by atoms with E-state index in [2.05, 4.69) is 77.3 Å². The molecule has 4 rings (SSSR count). The van der Waals surface area contributed by atoms with E-state index >= 15 is 0 Å². The summed E-state index contributed by atoms with van der Waals surface area (Å²) in [6.07, 6.45) is 1.89. The number of anilines is 2. The summed E-state index contributed by atoms with van der Waals surface area (Å²) >= 11 is 0. The van der Waals surface area contributed by atoms with E-state index in [-0.39, 0.29) is 0 Å². The molecule has 1 aliphatic rings. The van der Waals surface area contributed by atoms with Crippen molar-refractivity contribution in [2.75, 3.05) is 43.2 Å². The third-order valence-corrected chi connectivity index (χ3v) is 5.02. The van der Waals surface area contributed by atoms with Crippen molar-refractivity contribution in [1.82, 2.24) is 4.98 Å². The fraction of sp³-hybridized carbons (Fsp3) is 0.318. The van der Waals surface area contributed by atoms with E-state index in [1.54, 1.807) is 0 Å². The van der Waals surface area contributed by atoms with Crippen LogP contribution in [-0.4, -0.2) is 38.3 Å². The number of ether oxygens (including phenoxy) is 1. The molecule has 1 aromatic heterocycles. The number of hydrogen-bond donors (Lipinski definition) is 0. The van der Waals surface area contributed by atoms with Crippen molar-refractivity contribution in [3.8, 4) is 0 Å². The lowest BCUT2D eigenvalue weighted by atomic mass is 10.1. The number of morpholine rings is 1. The van der Waals surface area contributed by atoms with E-state index in [0.29, 0.717) is 0 Å². The molecule has 0 amide bonds. The van der Waals surface area contributed by atoms with Crippen LogP contribution >= 0.6 is 0 Å². The summed E-state index contributed by atoms with van der Waals surface area (Å²) in [7, 11) is 2.15. The number of rotatable bonds is 4. The molecule has 2 aromatic carbocycles. The molecule has 134 valence electrons. The van der Waals surface area contributed by atoms with Gasteiger partial charge in [0, 0.05) is 49.6 Å². The van der Waals surface area contributed by atoms with Gasteiger partial charge < -0.3 is 14.5 Å². The minimum atomic E-state index is 0.818. The van der Waals surface area contributed by atoms with Crippen molar-refractivity contribution in [1.29, 1.82) is 0 Å². The highest BCUT2D eigenvalue weighted by Gasteiger charge is 2.12. The first kappa shape index (κ1) is 16.9. The highest BCUT2D eigenvalue weighted by Crippen LogP contribution is 2.27. The molecule has 3 aromatic rings. The number of fused-ring (bicyclic) bond motifs is 1. The van der Waals surface area contributed by atoms with Gasteiger partial charge in [-0.2, -0.15) is 0 Å². The van der Waals surface area contributed by atoms with Crippen molar-refractivity contribution in [3.05, 3.63) is 65.9 Å². The van der Waals surface area contributed by atoms with Crippen LogP contribution in [0.2, 0.25) is 0 Å². The summed E-state index contributed by atoms with van der Waals surface area (Å²) in [6.45, 7) is 6.58. The Labute approximate surface area is 155 Å². The lowest BCUT2D eigenvalue weighted by molar-refractivity contribution is 0.122. The van der Waals surface area contributed by atoms with Gasteiger partial charge in [-0.05, 0) is 42.8 Å². The maximum Gasteiger partial charge on any atom is 0.0722 e. The Morgan fingerprint density at radius 1 is 1.04 bits per heavy atom. The van der Waals surface area contributed by atoms with Gasteiger partial charge in [0.2, 0.25) is 0 Å². The minimum absolute atomic E-state index is 0.818. The molecule has 4 heteroatoms. The van der Waals surface area contributed by atoms with Crippen LogP contribution < -0.4 is 9.80 Å². The fourth-order valence-electron chi connectivity index (χ4n) is 3.57. The van der Waals surface area contributed by atoms with Crippen LogP contribution in [0, 0.1) is 6.92 Å². The van der Waals surface area contributed by atoms with E-state index < -0.39 is 0 Å². The van der Waals surface area contributed by atoms with E-state index in [9.17, 15) is 0 Å². The van der Waals surface area contributed by atoms with Crippen LogP contribution in [0.3, 0.4) is 0 Å². The Kier molecular flexibility index (Phi) is 4.76. The van der Waals surface area contributed by atoms with Crippen LogP contribution in [0.1, 0.15) is 11.1 Å². The molecule has 4 nitrogen and oxygen atoms in total. The highest BCUT2D eigenvalue weighted by molar-refractivity contribution is 5.91. The summed E-state index contributed by atoms with van der Waals surface area (Å²) in [4.78, 5) is 9.18. The number of benzene rings is 2. The molecule has 0 radical (unpaired) electrons. The third kappa shape index (κ3) is 3.51. The molecule has 0 spiro atoms. The number of pyridine rings is 1. The van der Waals surface area contributed by atoms with Crippen molar-refractivity contribution in [3.63, 3.8) is 0 Å². The van der Waals surface area contributed by atoms with Gasteiger partial charge in [0.25, 0.3) is 0 Å². The van der Waals surface area contributed by atoms with Crippen LogP contribution in [0.15, 0.2) is 54.7 Å². The molecule has 0 saturated carbocycles.